The Kier molecular flexibility index (Phi) is 4.27. The van der Waals surface area contributed by atoms with Crippen molar-refractivity contribution in [2.24, 2.45) is 0 Å². The highest BCUT2D eigenvalue weighted by atomic mass is 19.4. The first kappa shape index (κ1) is 16.4. The highest BCUT2D eigenvalue weighted by Gasteiger charge is 2.31. The number of aromatic nitrogens is 2. The van der Waals surface area contributed by atoms with Crippen molar-refractivity contribution in [2.45, 2.75) is 31.6 Å². The van der Waals surface area contributed by atoms with Crippen molar-refractivity contribution in [1.82, 2.24) is 20.8 Å². The molecule has 3 rings (SSSR count). The smallest absolute Gasteiger partial charge is 0.412 e. The van der Waals surface area contributed by atoms with Gasteiger partial charge >= 0.3 is 18.0 Å². The molecule has 1 saturated heterocycles. The molecule has 0 radical (unpaired) electrons. The topological polar surface area (TPSA) is 80.1 Å². The Morgan fingerprint density at radius 1 is 1.38 bits per heavy atom. The van der Waals surface area contributed by atoms with Gasteiger partial charge in [0.2, 0.25) is 5.89 Å². The van der Waals surface area contributed by atoms with Crippen LogP contribution in [0.2, 0.25) is 0 Å². The van der Waals surface area contributed by atoms with Crippen molar-refractivity contribution in [3.05, 3.63) is 35.7 Å². The van der Waals surface area contributed by atoms with Gasteiger partial charge in [-0.2, -0.15) is 13.2 Å². The summed E-state index contributed by atoms with van der Waals surface area (Å²) in [7, 11) is 0. The number of carbonyl (C=O) groups is 1. The van der Waals surface area contributed by atoms with Gasteiger partial charge in [-0.3, -0.25) is 4.79 Å². The van der Waals surface area contributed by atoms with Crippen molar-refractivity contribution in [2.75, 3.05) is 6.54 Å². The number of hydrogen-bond donors (Lipinski definition) is 2. The minimum atomic E-state index is -4.47. The predicted octanol–water partition coefficient (Wildman–Crippen LogP) is 2.24. The van der Waals surface area contributed by atoms with Crippen LogP contribution in [0.4, 0.5) is 13.2 Å². The van der Waals surface area contributed by atoms with Crippen molar-refractivity contribution in [3.8, 4) is 11.5 Å². The average Bonchev–Trinajstić information content (AvgIpc) is 3.16. The molecule has 2 atom stereocenters. The third-order valence-corrected chi connectivity index (χ3v) is 3.74. The zero-order chi connectivity index (χ0) is 17.3. The van der Waals surface area contributed by atoms with E-state index < -0.39 is 17.6 Å². The third-order valence-electron chi connectivity index (χ3n) is 3.74. The number of halogens is 3. The van der Waals surface area contributed by atoms with Gasteiger partial charge in [0.1, 0.15) is 0 Å². The summed E-state index contributed by atoms with van der Waals surface area (Å²) in [4.78, 5) is 12.1. The van der Waals surface area contributed by atoms with E-state index in [0.717, 1.165) is 18.6 Å². The molecule has 0 saturated carbocycles. The van der Waals surface area contributed by atoms with E-state index in [9.17, 15) is 18.0 Å². The van der Waals surface area contributed by atoms with Crippen LogP contribution in [-0.2, 0) is 6.18 Å². The summed E-state index contributed by atoms with van der Waals surface area (Å²) in [6, 6.07) is 4.76. The molecule has 0 aliphatic carbocycles. The summed E-state index contributed by atoms with van der Waals surface area (Å²) in [6.45, 7) is 2.64. The summed E-state index contributed by atoms with van der Waals surface area (Å²) in [5.74, 6) is -0.951. The molecule has 2 heterocycles. The van der Waals surface area contributed by atoms with Crippen LogP contribution in [0.25, 0.3) is 11.5 Å². The van der Waals surface area contributed by atoms with Crippen LogP contribution in [-0.4, -0.2) is 34.7 Å². The standard InChI is InChI=1S/C15H15F3N4O2/c1-8-5-11(7-19-8)20-12(23)14-22-21-13(24-14)9-3-2-4-10(6-9)15(16,17)18/h2-4,6,8,11,19H,5,7H2,1H3,(H,20,23)/t8-,11-/m1/s1. The Balaban J connectivity index is 1.74. The lowest BCUT2D eigenvalue weighted by Gasteiger charge is -2.08. The normalized spacial score (nSPS) is 21.0. The van der Waals surface area contributed by atoms with Gasteiger partial charge in [0, 0.05) is 24.2 Å². The largest absolute Gasteiger partial charge is 0.416 e. The molecule has 1 fully saturated rings. The number of carbonyl (C=O) groups excluding carboxylic acids is 1. The van der Waals surface area contributed by atoms with E-state index in [2.05, 4.69) is 20.8 Å². The highest BCUT2D eigenvalue weighted by molar-refractivity contribution is 5.90. The molecule has 0 bridgehead atoms. The van der Waals surface area contributed by atoms with Gasteiger partial charge in [-0.1, -0.05) is 6.07 Å². The second kappa shape index (κ2) is 6.23. The summed E-state index contributed by atoms with van der Waals surface area (Å²) >= 11 is 0. The number of rotatable bonds is 3. The maximum atomic E-state index is 12.7. The molecule has 0 unspecified atom stereocenters. The fraction of sp³-hybridized carbons (Fsp3) is 0.400. The lowest BCUT2D eigenvalue weighted by atomic mass is 10.1. The first-order valence-electron chi connectivity index (χ1n) is 7.38. The number of amides is 1. The second-order valence-electron chi connectivity index (χ2n) is 5.71. The van der Waals surface area contributed by atoms with E-state index >= 15 is 0 Å². The third kappa shape index (κ3) is 3.56. The minimum Gasteiger partial charge on any atom is -0.412 e. The van der Waals surface area contributed by atoms with Crippen LogP contribution in [0, 0.1) is 0 Å². The first-order valence-corrected chi connectivity index (χ1v) is 7.38. The van der Waals surface area contributed by atoms with E-state index in [4.69, 9.17) is 4.42 Å². The molecule has 6 nitrogen and oxygen atoms in total. The summed E-state index contributed by atoms with van der Waals surface area (Å²) in [5, 5.41) is 13.2. The Labute approximate surface area is 135 Å². The molecule has 9 heteroatoms. The molecule has 1 aliphatic rings. The van der Waals surface area contributed by atoms with E-state index in [0.29, 0.717) is 12.6 Å². The number of nitrogens with zero attached hydrogens (tertiary/aromatic N) is 2. The summed E-state index contributed by atoms with van der Waals surface area (Å²) < 4.78 is 43.4. The highest BCUT2D eigenvalue weighted by Crippen LogP contribution is 2.31. The van der Waals surface area contributed by atoms with Gasteiger partial charge in [0.25, 0.3) is 0 Å². The predicted molar refractivity (Wildman–Crippen MR) is 78.1 cm³/mol. The van der Waals surface area contributed by atoms with Gasteiger partial charge in [0.05, 0.1) is 5.56 Å². The van der Waals surface area contributed by atoms with E-state index in [1.54, 1.807) is 0 Å². The molecule has 1 aromatic carbocycles. The van der Waals surface area contributed by atoms with E-state index in [1.165, 1.54) is 12.1 Å². The molecule has 0 spiro atoms. The number of alkyl halides is 3. The number of nitrogens with one attached hydrogen (secondary N) is 2. The lowest BCUT2D eigenvalue weighted by Crippen LogP contribution is -2.36. The molecule has 2 aromatic rings. The summed E-state index contributed by atoms with van der Waals surface area (Å²) in [5.41, 5.74) is -0.720. The molecule has 128 valence electrons. The van der Waals surface area contributed by atoms with Gasteiger partial charge in [-0.25, -0.2) is 0 Å². The van der Waals surface area contributed by atoms with Crippen LogP contribution < -0.4 is 10.6 Å². The van der Waals surface area contributed by atoms with E-state index in [-0.39, 0.29) is 23.4 Å². The van der Waals surface area contributed by atoms with Gasteiger partial charge in [-0.05, 0) is 31.5 Å². The zero-order valence-electron chi connectivity index (χ0n) is 12.7. The fourth-order valence-corrected chi connectivity index (χ4v) is 2.55. The molecule has 24 heavy (non-hydrogen) atoms. The Bertz CT molecular complexity index is 744. The van der Waals surface area contributed by atoms with E-state index in [1.807, 2.05) is 6.92 Å². The van der Waals surface area contributed by atoms with Crippen LogP contribution >= 0.6 is 0 Å². The van der Waals surface area contributed by atoms with Crippen LogP contribution in [0.15, 0.2) is 28.7 Å². The van der Waals surface area contributed by atoms with Crippen LogP contribution in [0.1, 0.15) is 29.6 Å². The Morgan fingerprint density at radius 3 is 2.83 bits per heavy atom. The van der Waals surface area contributed by atoms with Gasteiger partial charge < -0.3 is 15.1 Å². The maximum absolute atomic E-state index is 12.7. The van der Waals surface area contributed by atoms with Gasteiger partial charge in [-0.15, -0.1) is 10.2 Å². The summed E-state index contributed by atoms with van der Waals surface area (Å²) in [6.07, 6.45) is -3.69. The van der Waals surface area contributed by atoms with Crippen LogP contribution in [0.3, 0.4) is 0 Å². The van der Waals surface area contributed by atoms with Crippen LogP contribution in [0.5, 0.6) is 0 Å². The molecule has 1 amide bonds. The van der Waals surface area contributed by atoms with Crippen molar-refractivity contribution >= 4 is 5.91 Å². The molecule has 2 N–H and O–H groups in total. The quantitative estimate of drug-likeness (QED) is 0.896. The van der Waals surface area contributed by atoms with Crippen molar-refractivity contribution < 1.29 is 22.4 Å². The Hall–Kier alpha value is -2.42. The van der Waals surface area contributed by atoms with Gasteiger partial charge in [0.15, 0.2) is 0 Å². The van der Waals surface area contributed by atoms with Crippen molar-refractivity contribution in [3.63, 3.8) is 0 Å². The molecular weight excluding hydrogens is 325 g/mol. The molecule has 1 aromatic heterocycles. The number of hydrogen-bond acceptors (Lipinski definition) is 5. The number of benzene rings is 1. The first-order chi connectivity index (χ1) is 11.3. The average molecular weight is 340 g/mol. The SMILES string of the molecule is C[C@@H]1C[C@@H](NC(=O)c2nnc(-c3cccc(C(F)(F)F)c3)o2)CN1. The maximum Gasteiger partial charge on any atom is 0.416 e. The zero-order valence-corrected chi connectivity index (χ0v) is 12.7. The molecular formula is C15H15F3N4O2. The fourth-order valence-electron chi connectivity index (χ4n) is 2.55. The second-order valence-corrected chi connectivity index (χ2v) is 5.71. The lowest BCUT2D eigenvalue weighted by molar-refractivity contribution is -0.137. The molecule has 1 aliphatic heterocycles. The monoisotopic (exact) mass is 340 g/mol. The Morgan fingerprint density at radius 2 is 2.17 bits per heavy atom. The van der Waals surface area contributed by atoms with Crippen molar-refractivity contribution in [1.29, 1.82) is 0 Å². The minimum absolute atomic E-state index is 0.0450.